The van der Waals surface area contributed by atoms with Crippen molar-refractivity contribution in [1.82, 2.24) is 20.0 Å². The molecule has 0 amide bonds. The lowest BCUT2D eigenvalue weighted by Gasteiger charge is -2.42. The molecule has 2 aliphatic rings. The predicted molar refractivity (Wildman–Crippen MR) is 108 cm³/mol. The van der Waals surface area contributed by atoms with E-state index in [9.17, 15) is 13.2 Å². The van der Waals surface area contributed by atoms with Crippen molar-refractivity contribution in [2.45, 2.75) is 49.2 Å². The first-order valence-electron chi connectivity index (χ1n) is 10.5. The Hall–Kier alpha value is -2.74. The van der Waals surface area contributed by atoms with Gasteiger partial charge in [-0.05, 0) is 44.0 Å². The molecule has 0 spiro atoms. The van der Waals surface area contributed by atoms with Crippen LogP contribution >= 0.6 is 0 Å². The van der Waals surface area contributed by atoms with Gasteiger partial charge >= 0.3 is 6.18 Å². The number of halogens is 3. The monoisotopic (exact) mass is 428 g/mol. The van der Waals surface area contributed by atoms with E-state index in [2.05, 4.69) is 51.3 Å². The minimum Gasteiger partial charge on any atom is -0.334 e. The lowest BCUT2D eigenvalue weighted by Crippen LogP contribution is -2.46. The van der Waals surface area contributed by atoms with E-state index in [1.165, 1.54) is 11.6 Å². The van der Waals surface area contributed by atoms with Crippen LogP contribution in [-0.4, -0.2) is 39.7 Å². The molecule has 2 saturated carbocycles. The summed E-state index contributed by atoms with van der Waals surface area (Å²) in [4.78, 5) is 10.4. The van der Waals surface area contributed by atoms with Gasteiger partial charge in [0.05, 0.1) is 5.56 Å². The van der Waals surface area contributed by atoms with Crippen molar-refractivity contribution in [3.63, 3.8) is 0 Å². The highest BCUT2D eigenvalue weighted by atomic mass is 19.4. The van der Waals surface area contributed by atoms with Crippen molar-refractivity contribution in [3.8, 4) is 11.5 Å². The van der Waals surface area contributed by atoms with Crippen LogP contribution in [0.2, 0.25) is 0 Å². The SMILES string of the molecule is CN(CC1(c2noc(-c3ccc(C(F)(F)F)nc3)n2)CCC1)C1CC1c1ccccc1. The predicted octanol–water partition coefficient (Wildman–Crippen LogP) is 5.06. The lowest BCUT2D eigenvalue weighted by molar-refractivity contribution is -0.141. The molecule has 0 radical (unpaired) electrons. The lowest BCUT2D eigenvalue weighted by atomic mass is 9.67. The number of benzene rings is 1. The van der Waals surface area contributed by atoms with Crippen LogP contribution in [0.5, 0.6) is 0 Å². The molecule has 8 heteroatoms. The highest BCUT2D eigenvalue weighted by molar-refractivity contribution is 5.51. The summed E-state index contributed by atoms with van der Waals surface area (Å²) in [6, 6.07) is 13.3. The minimum absolute atomic E-state index is 0.167. The molecule has 0 saturated heterocycles. The number of likely N-dealkylation sites (N-methyl/N-ethyl adjacent to an activating group) is 1. The van der Waals surface area contributed by atoms with Crippen molar-refractivity contribution < 1.29 is 17.7 Å². The average molecular weight is 428 g/mol. The fourth-order valence-electron chi connectivity index (χ4n) is 4.62. The van der Waals surface area contributed by atoms with Gasteiger partial charge in [0.2, 0.25) is 0 Å². The maximum absolute atomic E-state index is 12.7. The third-order valence-corrected chi connectivity index (χ3v) is 6.61. The van der Waals surface area contributed by atoms with Gasteiger partial charge in [-0.15, -0.1) is 0 Å². The molecule has 2 unspecified atom stereocenters. The first kappa shape index (κ1) is 20.2. The third-order valence-electron chi connectivity index (χ3n) is 6.61. The van der Waals surface area contributed by atoms with Crippen LogP contribution in [0.15, 0.2) is 53.2 Å². The molecule has 1 aromatic carbocycles. The van der Waals surface area contributed by atoms with Crippen LogP contribution in [0.3, 0.4) is 0 Å². The Morgan fingerprint density at radius 3 is 2.52 bits per heavy atom. The van der Waals surface area contributed by atoms with Gasteiger partial charge in [-0.1, -0.05) is 41.9 Å². The molecule has 2 aromatic heterocycles. The van der Waals surface area contributed by atoms with Gasteiger partial charge in [-0.25, -0.2) is 0 Å². The zero-order valence-corrected chi connectivity index (χ0v) is 17.1. The Balaban J connectivity index is 1.30. The van der Waals surface area contributed by atoms with E-state index in [1.807, 2.05) is 6.07 Å². The Morgan fingerprint density at radius 1 is 1.13 bits per heavy atom. The number of nitrogens with zero attached hydrogens (tertiary/aromatic N) is 4. The standard InChI is InChI=1S/C23H23F3N4O/c1-30(18-12-17(18)15-6-3-2-4-7-15)14-22(10-5-11-22)21-28-20(31-29-21)16-8-9-19(27-13-16)23(24,25)26/h2-4,6-9,13,17-18H,5,10-12,14H2,1H3. The molecule has 5 rings (SSSR count). The first-order valence-corrected chi connectivity index (χ1v) is 10.5. The number of rotatable bonds is 6. The molecule has 5 nitrogen and oxygen atoms in total. The van der Waals surface area contributed by atoms with Crippen LogP contribution < -0.4 is 0 Å². The highest BCUT2D eigenvalue weighted by Gasteiger charge is 2.48. The van der Waals surface area contributed by atoms with E-state index >= 15 is 0 Å². The largest absolute Gasteiger partial charge is 0.433 e. The maximum atomic E-state index is 12.7. The summed E-state index contributed by atoms with van der Waals surface area (Å²) >= 11 is 0. The quantitative estimate of drug-likeness (QED) is 0.549. The average Bonchev–Trinajstić information content (AvgIpc) is 3.39. The van der Waals surface area contributed by atoms with E-state index in [4.69, 9.17) is 4.52 Å². The second kappa shape index (κ2) is 7.44. The van der Waals surface area contributed by atoms with Crippen molar-refractivity contribution in [2.24, 2.45) is 0 Å². The van der Waals surface area contributed by atoms with Crippen LogP contribution in [-0.2, 0) is 11.6 Å². The van der Waals surface area contributed by atoms with Crippen molar-refractivity contribution in [2.75, 3.05) is 13.6 Å². The molecule has 2 atom stereocenters. The van der Waals surface area contributed by atoms with E-state index in [0.717, 1.165) is 44.5 Å². The summed E-state index contributed by atoms with van der Waals surface area (Å²) in [5, 5.41) is 4.21. The number of hydrogen-bond acceptors (Lipinski definition) is 5. The fraction of sp³-hybridized carbons (Fsp3) is 0.435. The molecular formula is C23H23F3N4O. The topological polar surface area (TPSA) is 55.1 Å². The van der Waals surface area contributed by atoms with Gasteiger partial charge in [0.25, 0.3) is 5.89 Å². The summed E-state index contributed by atoms with van der Waals surface area (Å²) in [5.41, 5.74) is 0.657. The van der Waals surface area contributed by atoms with E-state index in [1.54, 1.807) is 0 Å². The van der Waals surface area contributed by atoms with E-state index < -0.39 is 11.9 Å². The minimum atomic E-state index is -4.47. The fourth-order valence-corrected chi connectivity index (χ4v) is 4.62. The highest BCUT2D eigenvalue weighted by Crippen LogP contribution is 2.48. The number of hydrogen-bond donors (Lipinski definition) is 0. The smallest absolute Gasteiger partial charge is 0.334 e. The van der Waals surface area contributed by atoms with Crippen molar-refractivity contribution >= 4 is 0 Å². The Kier molecular flexibility index (Phi) is 4.84. The van der Waals surface area contributed by atoms with Gasteiger partial charge in [-0.3, -0.25) is 4.98 Å². The molecule has 0 bridgehead atoms. The molecule has 2 aliphatic carbocycles. The second-order valence-electron chi connectivity index (χ2n) is 8.72. The normalized spacial score (nSPS) is 22.4. The summed E-state index contributed by atoms with van der Waals surface area (Å²) in [6.07, 6.45) is 0.861. The third kappa shape index (κ3) is 3.84. The van der Waals surface area contributed by atoms with E-state index in [-0.39, 0.29) is 11.3 Å². The maximum Gasteiger partial charge on any atom is 0.433 e. The number of alkyl halides is 3. The van der Waals surface area contributed by atoms with Gasteiger partial charge in [-0.2, -0.15) is 18.2 Å². The second-order valence-corrected chi connectivity index (χ2v) is 8.72. The Labute approximate surface area is 178 Å². The summed E-state index contributed by atoms with van der Waals surface area (Å²) in [7, 11) is 2.15. The molecular weight excluding hydrogens is 405 g/mol. The zero-order valence-electron chi connectivity index (χ0n) is 17.1. The van der Waals surface area contributed by atoms with Crippen LogP contribution in [0.25, 0.3) is 11.5 Å². The molecule has 2 fully saturated rings. The van der Waals surface area contributed by atoms with Crippen molar-refractivity contribution in [3.05, 3.63) is 65.7 Å². The summed E-state index contributed by atoms with van der Waals surface area (Å²) in [6.45, 7) is 0.839. The van der Waals surface area contributed by atoms with Gasteiger partial charge in [0.1, 0.15) is 5.69 Å². The van der Waals surface area contributed by atoms with Crippen LogP contribution in [0.4, 0.5) is 13.2 Å². The zero-order chi connectivity index (χ0) is 21.6. The molecule has 2 heterocycles. The Bertz CT molecular complexity index is 1040. The first-order chi connectivity index (χ1) is 14.9. The Morgan fingerprint density at radius 2 is 1.90 bits per heavy atom. The summed E-state index contributed by atoms with van der Waals surface area (Å²) < 4.78 is 43.6. The number of aromatic nitrogens is 3. The molecule has 31 heavy (non-hydrogen) atoms. The van der Waals surface area contributed by atoms with Gasteiger partial charge in [0.15, 0.2) is 5.82 Å². The molecule has 0 N–H and O–H groups in total. The van der Waals surface area contributed by atoms with Crippen LogP contribution in [0, 0.1) is 0 Å². The van der Waals surface area contributed by atoms with Crippen LogP contribution in [0.1, 0.15) is 48.7 Å². The van der Waals surface area contributed by atoms with Gasteiger partial charge < -0.3 is 9.42 Å². The van der Waals surface area contributed by atoms with E-state index in [0.29, 0.717) is 23.3 Å². The van der Waals surface area contributed by atoms with Crippen molar-refractivity contribution in [1.29, 1.82) is 0 Å². The molecule has 162 valence electrons. The summed E-state index contributed by atoms with van der Waals surface area (Å²) in [5.74, 6) is 1.40. The number of pyridine rings is 1. The van der Waals surface area contributed by atoms with Gasteiger partial charge in [0, 0.05) is 30.1 Å². The molecule has 3 aromatic rings. The molecule has 0 aliphatic heterocycles.